The highest BCUT2D eigenvalue weighted by Gasteiger charge is 2.47. The van der Waals surface area contributed by atoms with Crippen molar-refractivity contribution in [3.05, 3.63) is 103 Å². The van der Waals surface area contributed by atoms with Crippen molar-refractivity contribution in [2.45, 2.75) is 11.6 Å². The summed E-state index contributed by atoms with van der Waals surface area (Å²) in [5, 5.41) is 46.9. The molecule has 0 spiro atoms. The molecular formula is C22H15Br2NO6. The second kappa shape index (κ2) is 7.63. The number of halogens is 2. The fourth-order valence-corrected chi connectivity index (χ4v) is 5.33. The van der Waals surface area contributed by atoms with Crippen LogP contribution in [0.4, 0.5) is 0 Å². The lowest BCUT2D eigenvalue weighted by Gasteiger charge is -2.33. The van der Waals surface area contributed by atoms with E-state index in [-0.39, 0.29) is 31.2 Å². The lowest BCUT2D eigenvalue weighted by Crippen LogP contribution is -2.36. The van der Waals surface area contributed by atoms with Gasteiger partial charge in [-0.3, -0.25) is 14.9 Å². The molecule has 2 amide bonds. The van der Waals surface area contributed by atoms with Gasteiger partial charge in [-0.2, -0.15) is 0 Å². The number of carbonyl (C=O) groups is 2. The van der Waals surface area contributed by atoms with E-state index in [9.17, 15) is 30.0 Å². The van der Waals surface area contributed by atoms with E-state index >= 15 is 0 Å². The first-order valence-electron chi connectivity index (χ1n) is 9.00. The second-order valence-electron chi connectivity index (χ2n) is 6.99. The maximum Gasteiger partial charge on any atom is 0.260 e. The van der Waals surface area contributed by atoms with Crippen LogP contribution in [0.1, 0.15) is 43.0 Å². The van der Waals surface area contributed by atoms with E-state index in [0.717, 1.165) is 0 Å². The van der Waals surface area contributed by atoms with Crippen LogP contribution in [0.2, 0.25) is 0 Å². The van der Waals surface area contributed by atoms with Crippen LogP contribution in [0, 0.1) is 0 Å². The standard InChI is InChI=1S/C22H15Br2NO6/c23-17-13-14(20(27)25-19(13)26)18(24)16(22(30,31)12-9-5-2-6-10-12)15(17)21(28,29)11-7-3-1-4-8-11/h1-10,28-31H,(H,25,26,27). The average molecular weight is 549 g/mol. The van der Waals surface area contributed by atoms with E-state index in [2.05, 4.69) is 37.2 Å². The normalized spacial score (nSPS) is 13.9. The summed E-state index contributed by atoms with van der Waals surface area (Å²) in [6, 6.07) is 15.4. The first kappa shape index (κ1) is 21.8. The minimum absolute atomic E-state index is 0.0115. The van der Waals surface area contributed by atoms with Gasteiger partial charge in [0.1, 0.15) is 0 Å². The Kier molecular flexibility index (Phi) is 5.37. The monoisotopic (exact) mass is 547 g/mol. The number of benzene rings is 3. The summed E-state index contributed by atoms with van der Waals surface area (Å²) in [5.74, 6) is -7.04. The summed E-state index contributed by atoms with van der Waals surface area (Å²) in [4.78, 5) is 24.8. The quantitative estimate of drug-likeness (QED) is 0.252. The molecule has 7 nitrogen and oxygen atoms in total. The zero-order valence-electron chi connectivity index (χ0n) is 15.6. The molecule has 0 bridgehead atoms. The van der Waals surface area contributed by atoms with Gasteiger partial charge in [-0.15, -0.1) is 0 Å². The van der Waals surface area contributed by atoms with E-state index in [1.807, 2.05) is 0 Å². The minimum atomic E-state index is -2.76. The van der Waals surface area contributed by atoms with Gasteiger partial charge < -0.3 is 20.4 Å². The SMILES string of the molecule is O=C1NC(=O)c2c(Br)c(C(O)(O)c3ccccc3)c(C(O)(O)c3ccccc3)c(Br)c21. The Hall–Kier alpha value is -2.40. The highest BCUT2D eigenvalue weighted by atomic mass is 79.9. The molecule has 0 saturated carbocycles. The van der Waals surface area contributed by atoms with Gasteiger partial charge in [0.2, 0.25) is 11.6 Å². The Bertz CT molecular complexity index is 1120. The van der Waals surface area contributed by atoms with Crippen molar-refractivity contribution in [3.8, 4) is 0 Å². The van der Waals surface area contributed by atoms with Crippen molar-refractivity contribution in [3.63, 3.8) is 0 Å². The van der Waals surface area contributed by atoms with E-state index in [1.165, 1.54) is 24.3 Å². The van der Waals surface area contributed by atoms with Crippen LogP contribution in [0.3, 0.4) is 0 Å². The first-order chi connectivity index (χ1) is 14.6. The van der Waals surface area contributed by atoms with E-state index < -0.39 is 34.5 Å². The summed E-state index contributed by atoms with van der Waals surface area (Å²) in [6.07, 6.45) is 0. The Morgan fingerprint density at radius 1 is 0.613 bits per heavy atom. The van der Waals surface area contributed by atoms with Crippen molar-refractivity contribution < 1.29 is 30.0 Å². The lowest BCUT2D eigenvalue weighted by molar-refractivity contribution is -0.154. The molecule has 4 rings (SSSR count). The van der Waals surface area contributed by atoms with E-state index in [1.54, 1.807) is 36.4 Å². The number of imide groups is 1. The van der Waals surface area contributed by atoms with Crippen LogP contribution in [0.15, 0.2) is 69.6 Å². The summed E-state index contributed by atoms with van der Waals surface area (Å²) in [6.45, 7) is 0. The zero-order chi connectivity index (χ0) is 22.6. The molecule has 5 N–H and O–H groups in total. The molecule has 0 saturated heterocycles. The average Bonchev–Trinajstić information content (AvgIpc) is 3.06. The topological polar surface area (TPSA) is 127 Å². The molecule has 9 heteroatoms. The molecule has 3 aromatic carbocycles. The summed E-state index contributed by atoms with van der Waals surface area (Å²) < 4.78 is -0.303. The van der Waals surface area contributed by atoms with Crippen molar-refractivity contribution in [2.24, 2.45) is 0 Å². The molecule has 0 fully saturated rings. The number of nitrogens with one attached hydrogen (secondary N) is 1. The zero-order valence-corrected chi connectivity index (χ0v) is 18.8. The number of aliphatic hydroxyl groups is 4. The Balaban J connectivity index is 2.14. The first-order valence-corrected chi connectivity index (χ1v) is 10.6. The molecular weight excluding hydrogens is 534 g/mol. The van der Waals surface area contributed by atoms with Gasteiger partial charge in [0, 0.05) is 31.2 Å². The van der Waals surface area contributed by atoms with Crippen LogP contribution in [-0.4, -0.2) is 32.2 Å². The predicted octanol–water partition coefficient (Wildman–Crippen LogP) is 2.47. The molecule has 1 aliphatic rings. The lowest BCUT2D eigenvalue weighted by atomic mass is 9.84. The van der Waals surface area contributed by atoms with Gasteiger partial charge in [-0.05, 0) is 31.9 Å². The summed E-state index contributed by atoms with van der Waals surface area (Å²) >= 11 is 6.41. The van der Waals surface area contributed by atoms with Crippen LogP contribution in [-0.2, 0) is 11.6 Å². The largest absolute Gasteiger partial charge is 0.358 e. The molecule has 0 atom stereocenters. The number of rotatable bonds is 4. The van der Waals surface area contributed by atoms with E-state index in [4.69, 9.17) is 0 Å². The molecule has 1 heterocycles. The molecule has 0 aromatic heterocycles. The van der Waals surface area contributed by atoms with E-state index in [0.29, 0.717) is 0 Å². The van der Waals surface area contributed by atoms with Gasteiger partial charge >= 0.3 is 0 Å². The predicted molar refractivity (Wildman–Crippen MR) is 117 cm³/mol. The molecule has 31 heavy (non-hydrogen) atoms. The molecule has 158 valence electrons. The summed E-state index contributed by atoms with van der Waals surface area (Å²) in [5.41, 5.74) is -1.08. The maximum atomic E-state index is 12.4. The number of carbonyl (C=O) groups excluding carboxylic acids is 2. The third-order valence-corrected chi connectivity index (χ3v) is 6.70. The van der Waals surface area contributed by atoms with Gasteiger partial charge in [0.15, 0.2) is 0 Å². The molecule has 0 radical (unpaired) electrons. The number of fused-ring (bicyclic) bond motifs is 1. The fourth-order valence-electron chi connectivity index (χ4n) is 3.63. The second-order valence-corrected chi connectivity index (χ2v) is 8.57. The van der Waals surface area contributed by atoms with Crippen molar-refractivity contribution in [1.29, 1.82) is 0 Å². The highest BCUT2D eigenvalue weighted by molar-refractivity contribution is 9.11. The van der Waals surface area contributed by atoms with Gasteiger partial charge in [0.05, 0.1) is 11.1 Å². The third kappa shape index (κ3) is 3.34. The molecule has 1 aliphatic heterocycles. The highest BCUT2D eigenvalue weighted by Crippen LogP contribution is 2.48. The van der Waals surface area contributed by atoms with Gasteiger partial charge in [-0.1, -0.05) is 60.7 Å². The smallest absolute Gasteiger partial charge is 0.260 e. The Morgan fingerprint density at radius 2 is 0.935 bits per heavy atom. The maximum absolute atomic E-state index is 12.4. The van der Waals surface area contributed by atoms with Crippen LogP contribution < -0.4 is 5.32 Å². The number of amides is 2. The van der Waals surface area contributed by atoms with Gasteiger partial charge in [-0.25, -0.2) is 0 Å². The fraction of sp³-hybridized carbons (Fsp3) is 0.0909. The van der Waals surface area contributed by atoms with Crippen molar-refractivity contribution in [1.82, 2.24) is 5.32 Å². The molecule has 0 aliphatic carbocycles. The number of hydrogen-bond donors (Lipinski definition) is 5. The molecule has 3 aromatic rings. The third-order valence-electron chi connectivity index (χ3n) is 5.11. The molecule has 0 unspecified atom stereocenters. The van der Waals surface area contributed by atoms with Crippen LogP contribution >= 0.6 is 31.9 Å². The Morgan fingerprint density at radius 3 is 1.26 bits per heavy atom. The number of hydrogen-bond acceptors (Lipinski definition) is 6. The Labute approximate surface area is 193 Å². The van der Waals surface area contributed by atoms with Crippen molar-refractivity contribution in [2.75, 3.05) is 0 Å². The van der Waals surface area contributed by atoms with Gasteiger partial charge in [0.25, 0.3) is 11.8 Å². The van der Waals surface area contributed by atoms with Crippen molar-refractivity contribution >= 4 is 43.7 Å². The summed E-state index contributed by atoms with van der Waals surface area (Å²) in [7, 11) is 0. The van der Waals surface area contributed by atoms with Crippen LogP contribution in [0.25, 0.3) is 0 Å². The minimum Gasteiger partial charge on any atom is -0.358 e. The van der Waals surface area contributed by atoms with Crippen LogP contribution in [0.5, 0.6) is 0 Å².